The molecule has 0 aromatic heterocycles. The number of amides is 11. The summed E-state index contributed by atoms with van der Waals surface area (Å²) in [6, 6.07) is 4.12. The van der Waals surface area contributed by atoms with Crippen LogP contribution in [0, 0.1) is 0 Å². The molecule has 73 heavy (non-hydrogen) atoms. The van der Waals surface area contributed by atoms with Crippen molar-refractivity contribution in [3.8, 4) is 5.75 Å². The molecule has 2 aromatic rings. The molecule has 28 heteroatoms. The fourth-order valence-corrected chi connectivity index (χ4v) is 9.78. The van der Waals surface area contributed by atoms with Gasteiger partial charge in [0.2, 0.25) is 65.0 Å². The number of phenolic OH excluding ortho intramolecular Hbond substituents is 1. The minimum atomic E-state index is -1.81. The monoisotopic (exact) mass is 1050 g/mol. The van der Waals surface area contributed by atoms with Gasteiger partial charge in [-0.3, -0.25) is 57.7 Å². The predicted octanol–water partition coefficient (Wildman–Crippen LogP) is -4.73. The van der Waals surface area contributed by atoms with Crippen LogP contribution in [0.15, 0.2) is 59.6 Å². The molecule has 2 aliphatic heterocycles. The lowest BCUT2D eigenvalue weighted by Crippen LogP contribution is -2.61. The number of nitrogens with one attached hydrogen (secondary N) is 7. The lowest BCUT2D eigenvalue weighted by molar-refractivity contribution is -0.142. The summed E-state index contributed by atoms with van der Waals surface area (Å²) >= 11 is 0. The topological polar surface area (TPSA) is 438 Å². The van der Waals surface area contributed by atoms with E-state index in [2.05, 4.69) is 42.2 Å². The van der Waals surface area contributed by atoms with Crippen molar-refractivity contribution < 1.29 is 57.8 Å². The van der Waals surface area contributed by atoms with Crippen LogP contribution in [0.1, 0.15) is 56.1 Å². The summed E-state index contributed by atoms with van der Waals surface area (Å²) in [5.74, 6) is -10.3. The van der Waals surface area contributed by atoms with Crippen molar-refractivity contribution in [2.75, 3.05) is 31.1 Å². The van der Waals surface area contributed by atoms with Crippen LogP contribution in [0.3, 0.4) is 0 Å². The summed E-state index contributed by atoms with van der Waals surface area (Å²) in [6.45, 7) is -0.413. The van der Waals surface area contributed by atoms with Gasteiger partial charge in [0.1, 0.15) is 48.0 Å². The zero-order valence-corrected chi connectivity index (χ0v) is 41.3. The van der Waals surface area contributed by atoms with E-state index < -0.39 is 127 Å². The number of benzene rings is 2. The first kappa shape index (κ1) is 58.0. The van der Waals surface area contributed by atoms with Gasteiger partial charge in [-0.25, -0.2) is 0 Å². The van der Waals surface area contributed by atoms with Crippen LogP contribution in [-0.4, -0.2) is 154 Å². The number of primary amides is 3. The zero-order chi connectivity index (χ0) is 53.6. The number of hydrogen-bond acceptors (Lipinski definition) is 15. The summed E-state index contributed by atoms with van der Waals surface area (Å²) in [7, 11) is 2.17. The molecule has 7 unspecified atom stereocenters. The molecule has 2 saturated heterocycles. The highest BCUT2D eigenvalue weighted by Crippen LogP contribution is 2.26. The molecule has 2 heterocycles. The number of carbonyl (C=O) groups is 11. The Balaban J connectivity index is 1.67. The molecule has 2 aromatic carbocycles. The van der Waals surface area contributed by atoms with Crippen LogP contribution in [0.25, 0.3) is 0 Å². The van der Waals surface area contributed by atoms with E-state index in [9.17, 15) is 57.8 Å². The van der Waals surface area contributed by atoms with E-state index in [1.807, 2.05) is 0 Å². The Bertz CT molecular complexity index is 2360. The van der Waals surface area contributed by atoms with Crippen molar-refractivity contribution in [2.24, 2.45) is 33.7 Å². The van der Waals surface area contributed by atoms with Gasteiger partial charge in [0, 0.05) is 43.9 Å². The first-order valence-electron chi connectivity index (χ1n) is 23.1. The number of rotatable bonds is 18. The minimum Gasteiger partial charge on any atom is -0.508 e. The van der Waals surface area contributed by atoms with Gasteiger partial charge in [0.05, 0.1) is 19.4 Å². The third-order valence-electron chi connectivity index (χ3n) is 11.2. The van der Waals surface area contributed by atoms with Crippen LogP contribution >= 0.6 is 21.6 Å². The lowest BCUT2D eigenvalue weighted by atomic mass is 10.0. The van der Waals surface area contributed by atoms with Gasteiger partial charge >= 0.3 is 0 Å². The average Bonchev–Trinajstić information content (AvgIpc) is 3.83. The van der Waals surface area contributed by atoms with E-state index in [-0.39, 0.29) is 74.8 Å². The van der Waals surface area contributed by atoms with E-state index in [1.165, 1.54) is 17.0 Å². The molecule has 0 bridgehead atoms. The Morgan fingerprint density at radius 2 is 1.27 bits per heavy atom. The highest BCUT2D eigenvalue weighted by Gasteiger charge is 2.40. The number of likely N-dealkylation sites (tertiary alicyclic amines) is 1. The summed E-state index contributed by atoms with van der Waals surface area (Å²) in [4.78, 5) is 153. The Morgan fingerprint density at radius 3 is 1.86 bits per heavy atom. The molecular weight excluding hydrogens is 993 g/mol. The Morgan fingerprint density at radius 1 is 0.712 bits per heavy atom. The number of aromatic hydroxyl groups is 1. The van der Waals surface area contributed by atoms with Gasteiger partial charge in [-0.2, -0.15) is 0 Å². The SMILES string of the molecule is NC(=O)CNC(=O)C(CCCN=C(N)N)NC(=O)C1CCCN1C(=O)C1CSSCCC(=O)NC(Cc2ccc(O)cc2)C(=O)NC(Cc2ccccc2)C(=O)NC(CC(N)=O)C(=O)NC(CC(N)=O)C(=O)N1. The molecule has 2 aliphatic rings. The van der Waals surface area contributed by atoms with Gasteiger partial charge in [-0.15, -0.1) is 0 Å². The molecule has 7 atom stereocenters. The number of carbonyl (C=O) groups excluding carboxylic acids is 11. The highest BCUT2D eigenvalue weighted by atomic mass is 33.1. The predicted molar refractivity (Wildman–Crippen MR) is 268 cm³/mol. The number of hydrogen-bond donors (Lipinski definition) is 13. The Kier molecular flexibility index (Phi) is 23.0. The van der Waals surface area contributed by atoms with Crippen LogP contribution < -0.4 is 65.9 Å². The largest absolute Gasteiger partial charge is 0.508 e. The second-order valence-electron chi connectivity index (χ2n) is 17.0. The molecule has 2 fully saturated rings. The molecule has 0 saturated carbocycles. The van der Waals surface area contributed by atoms with Crippen LogP contribution in [0.4, 0.5) is 0 Å². The maximum Gasteiger partial charge on any atom is 0.246 e. The maximum atomic E-state index is 14.5. The van der Waals surface area contributed by atoms with E-state index in [0.717, 1.165) is 21.6 Å². The van der Waals surface area contributed by atoms with Gasteiger partial charge in [0.15, 0.2) is 5.96 Å². The molecular formula is C45H62N14O12S2. The Labute approximate surface area is 427 Å². The van der Waals surface area contributed by atoms with E-state index in [0.29, 0.717) is 17.5 Å². The second kappa shape index (κ2) is 29.0. The third-order valence-corrected chi connectivity index (χ3v) is 13.6. The van der Waals surface area contributed by atoms with E-state index >= 15 is 0 Å². The molecule has 18 N–H and O–H groups in total. The third kappa shape index (κ3) is 19.8. The number of nitrogens with zero attached hydrogens (tertiary/aromatic N) is 2. The van der Waals surface area contributed by atoms with Crippen LogP contribution in [-0.2, 0) is 65.6 Å². The number of phenols is 1. The fourth-order valence-electron chi connectivity index (χ4n) is 7.64. The van der Waals surface area contributed by atoms with Gasteiger partial charge in [-0.1, -0.05) is 64.1 Å². The zero-order valence-electron chi connectivity index (χ0n) is 39.7. The number of nitrogens with two attached hydrogens (primary N) is 5. The maximum absolute atomic E-state index is 14.5. The van der Waals surface area contributed by atoms with Gasteiger partial charge in [-0.05, 0) is 48.9 Å². The van der Waals surface area contributed by atoms with E-state index in [4.69, 9.17) is 28.7 Å². The van der Waals surface area contributed by atoms with Crippen molar-refractivity contribution in [3.05, 3.63) is 65.7 Å². The molecule has 4 rings (SSSR count). The molecule has 0 aliphatic carbocycles. The normalized spacial score (nSPS) is 21.9. The molecule has 396 valence electrons. The van der Waals surface area contributed by atoms with Gasteiger partial charge in [0.25, 0.3) is 0 Å². The smallest absolute Gasteiger partial charge is 0.246 e. The first-order chi connectivity index (χ1) is 34.7. The van der Waals surface area contributed by atoms with Crippen LogP contribution in [0.5, 0.6) is 5.75 Å². The van der Waals surface area contributed by atoms with E-state index in [1.54, 1.807) is 42.5 Å². The summed E-state index contributed by atoms with van der Waals surface area (Å²) in [5, 5.41) is 27.5. The van der Waals surface area contributed by atoms with Crippen molar-refractivity contribution in [3.63, 3.8) is 0 Å². The summed E-state index contributed by atoms with van der Waals surface area (Å²) < 4.78 is 0. The van der Waals surface area contributed by atoms with Crippen molar-refractivity contribution in [1.29, 1.82) is 0 Å². The number of guanidine groups is 1. The summed E-state index contributed by atoms with van der Waals surface area (Å²) in [5.41, 5.74) is 28.1. The summed E-state index contributed by atoms with van der Waals surface area (Å²) in [6.07, 6.45) is -1.39. The van der Waals surface area contributed by atoms with Crippen molar-refractivity contribution in [1.82, 2.24) is 42.1 Å². The van der Waals surface area contributed by atoms with Crippen LogP contribution in [0.2, 0.25) is 0 Å². The fraction of sp³-hybridized carbons (Fsp3) is 0.467. The molecule has 26 nitrogen and oxygen atoms in total. The minimum absolute atomic E-state index is 0.00976. The average molecular weight is 1060 g/mol. The molecule has 0 radical (unpaired) electrons. The van der Waals surface area contributed by atoms with Crippen molar-refractivity contribution >= 4 is 92.5 Å². The van der Waals surface area contributed by atoms with Crippen molar-refractivity contribution in [2.45, 2.75) is 100 Å². The molecule has 11 amide bonds. The quantitative estimate of drug-likeness (QED) is 0.0289. The standard InChI is InChI=1S/C45H62N14O12S2/c46-34(61)20-30-41(68)57-31(21-35(47)62)42(69)58-32(44(71)59-16-5-9-33(59)43(70)54-27(8-4-15-51-45(49)50)38(65)52-22-36(48)63)23-73-72-17-14-37(64)53-28(19-25-10-12-26(60)13-11-25)39(66)55-29(40(67)56-30)18-24-6-2-1-3-7-24/h1-3,6-7,10-13,27-33,60H,4-5,8-9,14-23H2,(H2,46,61)(H2,47,62)(H2,48,63)(H,52,65)(H,53,64)(H,54,70)(H,55,66)(H,56,67)(H,57,68)(H,58,69)(H4,49,50,51). The highest BCUT2D eigenvalue weighted by molar-refractivity contribution is 8.76. The lowest BCUT2D eigenvalue weighted by Gasteiger charge is -2.30. The second-order valence-corrected chi connectivity index (χ2v) is 19.6. The van der Waals surface area contributed by atoms with Gasteiger partial charge < -0.3 is 75.9 Å². The molecule has 0 spiro atoms. The Hall–Kier alpha value is -7.62. The first-order valence-corrected chi connectivity index (χ1v) is 25.5. The number of aliphatic imine (C=N–C) groups is 1.